The molecule has 2 atom stereocenters. The highest BCUT2D eigenvalue weighted by Gasteiger charge is 2.27. The van der Waals surface area contributed by atoms with Crippen molar-refractivity contribution >= 4 is 12.0 Å². The minimum atomic E-state index is -0.904. The number of hydrogen-bond donors (Lipinski definition) is 3. The lowest BCUT2D eigenvalue weighted by molar-refractivity contribution is -0.137. The van der Waals surface area contributed by atoms with Gasteiger partial charge in [0.1, 0.15) is 0 Å². The van der Waals surface area contributed by atoms with Gasteiger partial charge in [0, 0.05) is 12.6 Å². The molecule has 16 heavy (non-hydrogen) atoms. The maximum absolute atomic E-state index is 11.4. The lowest BCUT2D eigenvalue weighted by Crippen LogP contribution is -2.43. The van der Waals surface area contributed by atoms with Crippen LogP contribution in [0.25, 0.3) is 0 Å². The number of carboxylic acid groups (broad SMARTS) is 1. The third kappa shape index (κ3) is 5.00. The van der Waals surface area contributed by atoms with Gasteiger partial charge in [-0.2, -0.15) is 0 Å². The van der Waals surface area contributed by atoms with Crippen molar-refractivity contribution in [2.75, 3.05) is 6.54 Å². The first-order valence-corrected chi connectivity index (χ1v) is 5.75. The van der Waals surface area contributed by atoms with Crippen LogP contribution < -0.4 is 10.6 Å². The second-order valence-electron chi connectivity index (χ2n) is 4.67. The number of aliphatic carboxylic acids is 1. The summed E-state index contributed by atoms with van der Waals surface area (Å²) in [6, 6.07) is -0.616. The molecular weight excluding hydrogens is 208 g/mol. The number of amides is 2. The van der Waals surface area contributed by atoms with E-state index < -0.39 is 5.97 Å². The Morgan fingerprint density at radius 2 is 2.00 bits per heavy atom. The van der Waals surface area contributed by atoms with Crippen LogP contribution in [-0.4, -0.2) is 29.7 Å². The topological polar surface area (TPSA) is 78.4 Å². The predicted octanol–water partition coefficient (Wildman–Crippen LogP) is 1.19. The molecule has 0 radical (unpaired) electrons. The molecule has 0 aromatic heterocycles. The summed E-state index contributed by atoms with van der Waals surface area (Å²) in [5, 5.41) is 13.9. The van der Waals surface area contributed by atoms with Crippen LogP contribution in [0.15, 0.2) is 0 Å². The van der Waals surface area contributed by atoms with Crippen LogP contribution in [0.3, 0.4) is 0 Å². The van der Waals surface area contributed by atoms with Crippen molar-refractivity contribution in [2.45, 2.75) is 39.2 Å². The van der Waals surface area contributed by atoms with Gasteiger partial charge in [0.25, 0.3) is 0 Å². The van der Waals surface area contributed by atoms with Crippen molar-refractivity contribution in [1.29, 1.82) is 0 Å². The largest absolute Gasteiger partial charge is 0.481 e. The molecule has 1 fully saturated rings. The van der Waals surface area contributed by atoms with Gasteiger partial charge in [-0.25, -0.2) is 4.79 Å². The van der Waals surface area contributed by atoms with Gasteiger partial charge in [-0.3, -0.25) is 4.79 Å². The zero-order valence-corrected chi connectivity index (χ0v) is 9.82. The molecule has 0 spiro atoms. The molecule has 1 saturated carbocycles. The molecule has 0 aliphatic heterocycles. The number of carboxylic acids is 1. The summed E-state index contributed by atoms with van der Waals surface area (Å²) < 4.78 is 0. The summed E-state index contributed by atoms with van der Waals surface area (Å²) in [6.45, 7) is 4.47. The Hall–Kier alpha value is -1.26. The summed E-state index contributed by atoms with van der Waals surface area (Å²) in [5.41, 5.74) is 0. The van der Waals surface area contributed by atoms with Gasteiger partial charge >= 0.3 is 12.0 Å². The van der Waals surface area contributed by atoms with Crippen LogP contribution >= 0.6 is 0 Å². The molecule has 5 heteroatoms. The first-order chi connectivity index (χ1) is 7.49. The van der Waals surface area contributed by atoms with E-state index in [2.05, 4.69) is 17.6 Å². The summed E-state index contributed by atoms with van der Waals surface area (Å²) >= 11 is 0. The predicted molar refractivity (Wildman–Crippen MR) is 60.1 cm³/mol. The SMILES string of the molecule is CC(CC(=O)O)NC(=O)NCC(C)C1CC1. The molecule has 2 amide bonds. The van der Waals surface area contributed by atoms with E-state index in [9.17, 15) is 9.59 Å². The molecule has 0 aromatic carbocycles. The Balaban J connectivity index is 2.11. The third-order valence-electron chi connectivity index (χ3n) is 2.87. The molecule has 5 nitrogen and oxygen atoms in total. The Bertz CT molecular complexity index is 264. The van der Waals surface area contributed by atoms with E-state index in [1.807, 2.05) is 0 Å². The van der Waals surface area contributed by atoms with Gasteiger partial charge in [-0.1, -0.05) is 6.92 Å². The van der Waals surface area contributed by atoms with Crippen molar-refractivity contribution in [3.8, 4) is 0 Å². The third-order valence-corrected chi connectivity index (χ3v) is 2.87. The molecular formula is C11H20N2O3. The highest BCUT2D eigenvalue weighted by Crippen LogP contribution is 2.35. The lowest BCUT2D eigenvalue weighted by atomic mass is 10.1. The van der Waals surface area contributed by atoms with Crippen molar-refractivity contribution in [1.82, 2.24) is 10.6 Å². The van der Waals surface area contributed by atoms with Gasteiger partial charge in [0.2, 0.25) is 0 Å². The highest BCUT2D eigenvalue weighted by molar-refractivity contribution is 5.75. The maximum Gasteiger partial charge on any atom is 0.315 e. The zero-order valence-electron chi connectivity index (χ0n) is 9.82. The lowest BCUT2D eigenvalue weighted by Gasteiger charge is -2.15. The molecule has 2 unspecified atom stereocenters. The van der Waals surface area contributed by atoms with E-state index in [0.29, 0.717) is 12.5 Å². The number of nitrogens with one attached hydrogen (secondary N) is 2. The maximum atomic E-state index is 11.4. The van der Waals surface area contributed by atoms with Crippen LogP contribution in [0.1, 0.15) is 33.1 Å². The van der Waals surface area contributed by atoms with Crippen molar-refractivity contribution in [3.63, 3.8) is 0 Å². The summed E-state index contributed by atoms with van der Waals surface area (Å²) in [7, 11) is 0. The fourth-order valence-electron chi connectivity index (χ4n) is 1.67. The molecule has 92 valence electrons. The van der Waals surface area contributed by atoms with E-state index in [1.54, 1.807) is 6.92 Å². The van der Waals surface area contributed by atoms with Gasteiger partial charge in [-0.05, 0) is 31.6 Å². The number of carbonyl (C=O) groups is 2. The summed E-state index contributed by atoms with van der Waals surface area (Å²) in [4.78, 5) is 21.8. The Kier molecular flexibility index (Phi) is 4.58. The minimum Gasteiger partial charge on any atom is -0.481 e. The van der Waals surface area contributed by atoms with E-state index in [0.717, 1.165) is 5.92 Å². The molecule has 0 saturated heterocycles. The molecule has 1 aliphatic rings. The zero-order chi connectivity index (χ0) is 12.1. The standard InChI is InChI=1S/C11H20N2O3/c1-7(9-3-4-9)6-12-11(16)13-8(2)5-10(14)15/h7-9H,3-6H2,1-2H3,(H,14,15)(H2,12,13,16). The van der Waals surface area contributed by atoms with E-state index in [-0.39, 0.29) is 18.5 Å². The molecule has 0 aromatic rings. The Morgan fingerprint density at radius 3 is 2.50 bits per heavy atom. The van der Waals surface area contributed by atoms with Crippen LogP contribution in [0.5, 0.6) is 0 Å². The number of rotatable bonds is 6. The molecule has 1 aliphatic carbocycles. The van der Waals surface area contributed by atoms with Crippen LogP contribution in [0, 0.1) is 11.8 Å². The molecule has 0 heterocycles. The number of urea groups is 1. The van der Waals surface area contributed by atoms with Crippen LogP contribution in [0.2, 0.25) is 0 Å². The van der Waals surface area contributed by atoms with Crippen molar-refractivity contribution in [2.24, 2.45) is 11.8 Å². The van der Waals surface area contributed by atoms with Gasteiger partial charge in [0.15, 0.2) is 0 Å². The fourth-order valence-corrected chi connectivity index (χ4v) is 1.67. The van der Waals surface area contributed by atoms with Crippen molar-refractivity contribution in [3.05, 3.63) is 0 Å². The Labute approximate surface area is 95.6 Å². The van der Waals surface area contributed by atoms with Crippen LogP contribution in [0.4, 0.5) is 4.79 Å². The monoisotopic (exact) mass is 228 g/mol. The Morgan fingerprint density at radius 1 is 1.38 bits per heavy atom. The first kappa shape index (κ1) is 12.8. The smallest absolute Gasteiger partial charge is 0.315 e. The van der Waals surface area contributed by atoms with Crippen molar-refractivity contribution < 1.29 is 14.7 Å². The minimum absolute atomic E-state index is 0.0500. The quantitative estimate of drug-likeness (QED) is 0.639. The van der Waals surface area contributed by atoms with E-state index in [1.165, 1.54) is 12.8 Å². The van der Waals surface area contributed by atoms with Gasteiger partial charge < -0.3 is 15.7 Å². The molecule has 3 N–H and O–H groups in total. The second-order valence-corrected chi connectivity index (χ2v) is 4.67. The van der Waals surface area contributed by atoms with Crippen LogP contribution in [-0.2, 0) is 4.79 Å². The van der Waals surface area contributed by atoms with Gasteiger partial charge in [-0.15, -0.1) is 0 Å². The second kappa shape index (κ2) is 5.72. The number of carbonyl (C=O) groups excluding carboxylic acids is 1. The normalized spacial score (nSPS) is 18.6. The fraction of sp³-hybridized carbons (Fsp3) is 0.818. The first-order valence-electron chi connectivity index (χ1n) is 5.75. The van der Waals surface area contributed by atoms with Gasteiger partial charge in [0.05, 0.1) is 6.42 Å². The highest BCUT2D eigenvalue weighted by atomic mass is 16.4. The summed E-state index contributed by atoms with van der Waals surface area (Å²) in [5.74, 6) is 0.372. The number of hydrogen-bond acceptors (Lipinski definition) is 2. The molecule has 1 rings (SSSR count). The average Bonchev–Trinajstić information content (AvgIpc) is 2.95. The summed E-state index contributed by atoms with van der Waals surface area (Å²) in [6.07, 6.45) is 2.48. The van der Waals surface area contributed by atoms with E-state index >= 15 is 0 Å². The average molecular weight is 228 g/mol. The molecule has 0 bridgehead atoms. The van der Waals surface area contributed by atoms with E-state index in [4.69, 9.17) is 5.11 Å².